The van der Waals surface area contributed by atoms with Gasteiger partial charge in [-0.3, -0.25) is 0 Å². The Morgan fingerprint density at radius 2 is 1.52 bits per heavy atom. The molecule has 3 N–H and O–H groups in total. The minimum Gasteiger partial charge on any atom is -0.400 e. The van der Waals surface area contributed by atoms with Gasteiger partial charge in [0.05, 0.1) is 35.1 Å². The molecule has 4 atom stereocenters. The third-order valence-electron chi connectivity index (χ3n) is 6.88. The van der Waals surface area contributed by atoms with E-state index in [2.05, 4.69) is 17.5 Å². The topological polar surface area (TPSA) is 133 Å². The van der Waals surface area contributed by atoms with Crippen molar-refractivity contribution in [2.45, 2.75) is 32.2 Å². The molecule has 3 aliphatic rings. The number of nitriles is 4. The first-order valence-corrected chi connectivity index (χ1v) is 10.7. The SMILES string of the molecule is Cc1ccc(CC2C(c3ccc(C)cc3)C3NC(=C(C#N)C#N)C2(C#N)C(N)=C3C#N)cc1. The maximum Gasteiger partial charge on any atom is 0.150 e. The second kappa shape index (κ2) is 8.20. The van der Waals surface area contributed by atoms with Gasteiger partial charge in [-0.15, -0.1) is 0 Å². The number of fused-ring (bicyclic) bond motifs is 2. The number of benzene rings is 2. The normalized spacial score (nSPS) is 25.3. The zero-order valence-electron chi connectivity index (χ0n) is 18.4. The van der Waals surface area contributed by atoms with E-state index in [-0.39, 0.29) is 28.8 Å². The molecule has 6 heteroatoms. The van der Waals surface area contributed by atoms with Gasteiger partial charge in [-0.2, -0.15) is 21.0 Å². The van der Waals surface area contributed by atoms with Gasteiger partial charge >= 0.3 is 0 Å². The number of piperidine rings is 1. The van der Waals surface area contributed by atoms with Crippen LogP contribution in [0.4, 0.5) is 0 Å². The van der Waals surface area contributed by atoms with E-state index in [1.165, 1.54) is 0 Å². The van der Waals surface area contributed by atoms with E-state index in [0.29, 0.717) is 12.0 Å². The van der Waals surface area contributed by atoms with Crippen molar-refractivity contribution in [1.82, 2.24) is 5.32 Å². The van der Waals surface area contributed by atoms with Gasteiger partial charge in [-0.25, -0.2) is 0 Å². The number of hydrogen-bond acceptors (Lipinski definition) is 6. The lowest BCUT2D eigenvalue weighted by atomic mass is 9.52. The third-order valence-corrected chi connectivity index (χ3v) is 6.88. The Morgan fingerprint density at radius 3 is 2.03 bits per heavy atom. The highest BCUT2D eigenvalue weighted by Gasteiger charge is 2.61. The molecule has 33 heavy (non-hydrogen) atoms. The molecule has 2 heterocycles. The highest BCUT2D eigenvalue weighted by molar-refractivity contribution is 5.60. The molecule has 2 aromatic rings. The summed E-state index contributed by atoms with van der Waals surface area (Å²) >= 11 is 0. The van der Waals surface area contributed by atoms with E-state index in [4.69, 9.17) is 5.73 Å². The van der Waals surface area contributed by atoms with Crippen LogP contribution in [0.3, 0.4) is 0 Å². The summed E-state index contributed by atoms with van der Waals surface area (Å²) in [7, 11) is 0. The third kappa shape index (κ3) is 3.22. The number of rotatable bonds is 3. The number of hydrogen-bond donors (Lipinski definition) is 2. The number of nitrogens with one attached hydrogen (secondary N) is 1. The Bertz CT molecular complexity index is 1320. The number of allylic oxidation sites excluding steroid dienone is 1. The summed E-state index contributed by atoms with van der Waals surface area (Å²) in [5, 5.41) is 43.1. The molecule has 6 nitrogen and oxygen atoms in total. The Hall–Kier alpha value is -4.52. The van der Waals surface area contributed by atoms with Gasteiger partial charge in [-0.1, -0.05) is 59.7 Å². The van der Waals surface area contributed by atoms with Crippen molar-refractivity contribution < 1.29 is 0 Å². The molecule has 0 amide bonds. The second-order valence-corrected chi connectivity index (χ2v) is 8.69. The van der Waals surface area contributed by atoms with E-state index < -0.39 is 11.5 Å². The molecule has 160 valence electrons. The van der Waals surface area contributed by atoms with Gasteiger partial charge in [0.15, 0.2) is 5.57 Å². The number of nitrogens with zero attached hydrogens (tertiary/aromatic N) is 4. The van der Waals surface area contributed by atoms with Gasteiger partial charge in [0.25, 0.3) is 0 Å². The van der Waals surface area contributed by atoms with E-state index in [0.717, 1.165) is 22.3 Å². The molecule has 1 saturated heterocycles. The van der Waals surface area contributed by atoms with Crippen molar-refractivity contribution in [3.05, 3.63) is 93.3 Å². The van der Waals surface area contributed by atoms with Crippen LogP contribution >= 0.6 is 0 Å². The summed E-state index contributed by atoms with van der Waals surface area (Å²) in [6, 6.07) is 23.9. The zero-order chi connectivity index (χ0) is 23.8. The van der Waals surface area contributed by atoms with Crippen LogP contribution in [0.2, 0.25) is 0 Å². The molecule has 2 aliphatic heterocycles. The van der Waals surface area contributed by atoms with Crippen LogP contribution in [-0.2, 0) is 6.42 Å². The highest BCUT2D eigenvalue weighted by atomic mass is 15.0. The second-order valence-electron chi connectivity index (χ2n) is 8.69. The van der Waals surface area contributed by atoms with Crippen molar-refractivity contribution >= 4 is 0 Å². The summed E-state index contributed by atoms with van der Waals surface area (Å²) in [6.45, 7) is 4.01. The van der Waals surface area contributed by atoms with Crippen molar-refractivity contribution in [2.75, 3.05) is 0 Å². The Labute approximate surface area is 193 Å². The average Bonchev–Trinajstić information content (AvgIpc) is 2.82. The lowest BCUT2D eigenvalue weighted by Gasteiger charge is -2.55. The number of nitrogens with two attached hydrogens (primary N) is 1. The summed E-state index contributed by atoms with van der Waals surface area (Å²) in [6.07, 6.45) is 0.498. The average molecular weight is 431 g/mol. The largest absolute Gasteiger partial charge is 0.400 e. The molecular weight excluding hydrogens is 408 g/mol. The maximum absolute atomic E-state index is 10.6. The lowest BCUT2D eigenvalue weighted by molar-refractivity contribution is 0.171. The molecular formula is C27H22N6. The Balaban J connectivity index is 2.02. The van der Waals surface area contributed by atoms with Crippen LogP contribution in [0.15, 0.2) is 71.1 Å². The molecule has 0 spiro atoms. The van der Waals surface area contributed by atoms with Crippen LogP contribution in [0.25, 0.3) is 0 Å². The van der Waals surface area contributed by atoms with Crippen LogP contribution in [-0.4, -0.2) is 6.04 Å². The van der Waals surface area contributed by atoms with Crippen LogP contribution in [0, 0.1) is 70.5 Å². The summed E-state index contributed by atoms with van der Waals surface area (Å²) in [4.78, 5) is 0. The van der Waals surface area contributed by atoms with Gasteiger partial charge in [0.1, 0.15) is 17.6 Å². The Morgan fingerprint density at radius 1 is 0.939 bits per heavy atom. The molecule has 1 fully saturated rings. The fourth-order valence-electron chi connectivity index (χ4n) is 5.22. The smallest absolute Gasteiger partial charge is 0.150 e. The predicted molar refractivity (Wildman–Crippen MR) is 122 cm³/mol. The molecule has 1 aliphatic carbocycles. The van der Waals surface area contributed by atoms with Crippen LogP contribution < -0.4 is 11.1 Å². The molecule has 2 bridgehead atoms. The summed E-state index contributed by atoms with van der Waals surface area (Å²) < 4.78 is 0. The first-order chi connectivity index (χ1) is 15.9. The van der Waals surface area contributed by atoms with Gasteiger partial charge < -0.3 is 11.1 Å². The molecule has 0 saturated carbocycles. The maximum atomic E-state index is 10.6. The standard InChI is InChI=1S/C27H22N6/c1-16-3-7-18(8-4-16)11-22-23(19-9-5-17(2)6-10-19)24-21(14-30)25(32)27(22,15-31)26(33-24)20(12-28)13-29/h3-10,22-24,33H,11,32H2,1-2H3. The minimum absolute atomic E-state index is 0.134. The molecule has 4 unspecified atom stereocenters. The van der Waals surface area contributed by atoms with Gasteiger partial charge in [-0.05, 0) is 31.4 Å². The van der Waals surface area contributed by atoms with Crippen LogP contribution in [0.1, 0.15) is 28.2 Å². The quantitative estimate of drug-likeness (QED) is 0.712. The summed E-state index contributed by atoms with van der Waals surface area (Å²) in [5.74, 6) is -0.640. The van der Waals surface area contributed by atoms with Gasteiger partial charge in [0, 0.05) is 11.8 Å². The van der Waals surface area contributed by atoms with E-state index in [1.807, 2.05) is 74.5 Å². The monoisotopic (exact) mass is 430 g/mol. The van der Waals surface area contributed by atoms with Gasteiger partial charge in [0.2, 0.25) is 0 Å². The van der Waals surface area contributed by atoms with Crippen molar-refractivity contribution in [2.24, 2.45) is 17.1 Å². The lowest BCUT2D eigenvalue weighted by Crippen LogP contribution is -2.62. The predicted octanol–water partition coefficient (Wildman–Crippen LogP) is 3.78. The first-order valence-electron chi connectivity index (χ1n) is 10.7. The highest BCUT2D eigenvalue weighted by Crippen LogP contribution is 2.58. The fraction of sp³-hybridized carbons (Fsp3) is 0.259. The Kier molecular flexibility index (Phi) is 5.39. The molecule has 0 aromatic heterocycles. The first kappa shape index (κ1) is 21.7. The van der Waals surface area contributed by atoms with E-state index >= 15 is 0 Å². The number of aryl methyl sites for hydroxylation is 2. The molecule has 5 rings (SSSR count). The van der Waals surface area contributed by atoms with E-state index in [1.54, 1.807) is 0 Å². The molecule has 0 radical (unpaired) electrons. The van der Waals surface area contributed by atoms with Crippen molar-refractivity contribution in [3.63, 3.8) is 0 Å². The van der Waals surface area contributed by atoms with Crippen molar-refractivity contribution in [3.8, 4) is 24.3 Å². The minimum atomic E-state index is -1.50. The van der Waals surface area contributed by atoms with Crippen LogP contribution in [0.5, 0.6) is 0 Å². The zero-order valence-corrected chi connectivity index (χ0v) is 18.4. The van der Waals surface area contributed by atoms with E-state index in [9.17, 15) is 21.0 Å². The van der Waals surface area contributed by atoms with Crippen molar-refractivity contribution in [1.29, 1.82) is 21.0 Å². The fourth-order valence-corrected chi connectivity index (χ4v) is 5.22. The molecule has 2 aromatic carbocycles. The summed E-state index contributed by atoms with van der Waals surface area (Å²) in [5.41, 5.74) is 9.70.